The van der Waals surface area contributed by atoms with Crippen LogP contribution < -0.4 is 10.2 Å². The molecule has 0 aliphatic carbocycles. The summed E-state index contributed by atoms with van der Waals surface area (Å²) in [4.78, 5) is 22.6. The van der Waals surface area contributed by atoms with Crippen molar-refractivity contribution in [3.8, 4) is 0 Å². The first-order valence-electron chi connectivity index (χ1n) is 6.99. The summed E-state index contributed by atoms with van der Waals surface area (Å²) in [5.41, 5.74) is 1.77. The van der Waals surface area contributed by atoms with Crippen LogP contribution in [-0.4, -0.2) is 29.5 Å². The van der Waals surface area contributed by atoms with Crippen molar-refractivity contribution in [2.75, 3.05) is 23.8 Å². The van der Waals surface area contributed by atoms with E-state index in [1.54, 1.807) is 0 Å². The van der Waals surface area contributed by atoms with Crippen LogP contribution in [0.15, 0.2) is 36.4 Å². The van der Waals surface area contributed by atoms with Crippen molar-refractivity contribution in [2.45, 2.75) is 20.3 Å². The van der Waals surface area contributed by atoms with Crippen LogP contribution in [0.4, 0.5) is 11.5 Å². The predicted octanol–water partition coefficient (Wildman–Crippen LogP) is 2.42. The quantitative estimate of drug-likeness (QED) is 0.916. The number of aryl methyl sites for hydroxylation is 2. The van der Waals surface area contributed by atoms with Crippen LogP contribution in [0.2, 0.25) is 0 Å². The number of amides is 1. The third-order valence-electron chi connectivity index (χ3n) is 3.07. The highest BCUT2D eigenvalue weighted by Crippen LogP contribution is 2.12. The first-order chi connectivity index (χ1) is 10.1. The molecule has 0 unspecified atom stereocenters. The number of benzene rings is 1. The van der Waals surface area contributed by atoms with E-state index in [1.807, 2.05) is 62.2 Å². The summed E-state index contributed by atoms with van der Waals surface area (Å²) in [6.45, 7) is 4.16. The topological polar surface area (TPSA) is 58.1 Å². The van der Waals surface area contributed by atoms with Crippen molar-refractivity contribution in [3.63, 3.8) is 0 Å². The summed E-state index contributed by atoms with van der Waals surface area (Å²) >= 11 is 0. The van der Waals surface area contributed by atoms with E-state index >= 15 is 0 Å². The van der Waals surface area contributed by atoms with E-state index in [-0.39, 0.29) is 12.5 Å². The van der Waals surface area contributed by atoms with Crippen molar-refractivity contribution in [1.82, 2.24) is 9.97 Å². The molecular formula is C16H20N4O. The lowest BCUT2D eigenvalue weighted by atomic mass is 10.3. The molecule has 0 radical (unpaired) electrons. The first-order valence-corrected chi connectivity index (χ1v) is 6.99. The first kappa shape index (κ1) is 15.0. The van der Waals surface area contributed by atoms with E-state index in [2.05, 4.69) is 15.3 Å². The molecule has 21 heavy (non-hydrogen) atoms. The van der Waals surface area contributed by atoms with E-state index in [4.69, 9.17) is 0 Å². The number of hydrogen-bond donors (Lipinski definition) is 1. The van der Waals surface area contributed by atoms with E-state index in [9.17, 15) is 4.79 Å². The van der Waals surface area contributed by atoms with Crippen LogP contribution in [0.1, 0.15) is 18.4 Å². The van der Waals surface area contributed by atoms with Crippen LogP contribution in [-0.2, 0) is 11.2 Å². The molecule has 1 aromatic heterocycles. The fourth-order valence-electron chi connectivity index (χ4n) is 2.01. The summed E-state index contributed by atoms with van der Waals surface area (Å²) in [7, 11) is 1.85. The molecule has 0 fully saturated rings. The van der Waals surface area contributed by atoms with E-state index in [0.717, 1.165) is 29.4 Å². The Labute approximate surface area is 125 Å². The second-order valence-corrected chi connectivity index (χ2v) is 4.89. The average molecular weight is 284 g/mol. The Morgan fingerprint density at radius 1 is 1.24 bits per heavy atom. The minimum Gasteiger partial charge on any atom is -0.350 e. The zero-order valence-corrected chi connectivity index (χ0v) is 12.6. The minimum absolute atomic E-state index is 0.0713. The number of nitrogens with one attached hydrogen (secondary N) is 1. The number of hydrogen-bond acceptors (Lipinski definition) is 4. The third kappa shape index (κ3) is 4.27. The SMILES string of the molecule is CCc1cc(N(C)CC(=O)Nc2ccccc2)nc(C)n1. The zero-order valence-electron chi connectivity index (χ0n) is 12.6. The van der Waals surface area contributed by atoms with Gasteiger partial charge in [0.05, 0.1) is 6.54 Å². The smallest absolute Gasteiger partial charge is 0.243 e. The van der Waals surface area contributed by atoms with Crippen molar-refractivity contribution in [3.05, 3.63) is 47.9 Å². The van der Waals surface area contributed by atoms with Gasteiger partial charge in [-0.1, -0.05) is 25.1 Å². The Bertz CT molecular complexity index is 613. The molecule has 0 aliphatic heterocycles. The molecule has 1 amide bonds. The largest absolute Gasteiger partial charge is 0.350 e. The minimum atomic E-state index is -0.0713. The molecule has 2 rings (SSSR count). The molecule has 2 aromatic rings. The van der Waals surface area contributed by atoms with Crippen LogP contribution in [0, 0.1) is 6.92 Å². The maximum absolute atomic E-state index is 12.0. The number of likely N-dealkylation sites (N-methyl/N-ethyl adjacent to an activating group) is 1. The molecule has 1 N–H and O–H groups in total. The van der Waals surface area contributed by atoms with Gasteiger partial charge in [-0.2, -0.15) is 0 Å². The molecule has 5 nitrogen and oxygen atoms in total. The number of para-hydroxylation sites is 1. The lowest BCUT2D eigenvalue weighted by Gasteiger charge is -2.18. The van der Waals surface area contributed by atoms with Crippen molar-refractivity contribution in [2.24, 2.45) is 0 Å². The Balaban J connectivity index is 2.02. The second kappa shape index (κ2) is 6.83. The zero-order chi connectivity index (χ0) is 15.2. The summed E-state index contributed by atoms with van der Waals surface area (Å²) in [6.07, 6.45) is 0.848. The van der Waals surface area contributed by atoms with E-state index < -0.39 is 0 Å². The second-order valence-electron chi connectivity index (χ2n) is 4.89. The number of rotatable bonds is 5. The number of carbonyl (C=O) groups is 1. The maximum atomic E-state index is 12.0. The van der Waals surface area contributed by atoms with Gasteiger partial charge < -0.3 is 10.2 Å². The van der Waals surface area contributed by atoms with E-state index in [1.165, 1.54) is 0 Å². The summed E-state index contributed by atoms with van der Waals surface area (Å²) in [6, 6.07) is 11.3. The Hall–Kier alpha value is -2.43. The van der Waals surface area contributed by atoms with Gasteiger partial charge in [-0.3, -0.25) is 4.79 Å². The van der Waals surface area contributed by atoms with Crippen LogP contribution in [0.5, 0.6) is 0 Å². The van der Waals surface area contributed by atoms with Gasteiger partial charge in [-0.05, 0) is 25.5 Å². The molecule has 0 aliphatic rings. The highest BCUT2D eigenvalue weighted by Gasteiger charge is 2.10. The summed E-state index contributed by atoms with van der Waals surface area (Å²) in [5, 5.41) is 2.86. The number of nitrogens with zero attached hydrogens (tertiary/aromatic N) is 3. The fourth-order valence-corrected chi connectivity index (χ4v) is 2.01. The molecule has 1 aromatic carbocycles. The summed E-state index contributed by atoms with van der Waals surface area (Å²) in [5.74, 6) is 1.42. The highest BCUT2D eigenvalue weighted by atomic mass is 16.2. The molecule has 0 saturated heterocycles. The third-order valence-corrected chi connectivity index (χ3v) is 3.07. The molecule has 5 heteroatoms. The molecule has 0 atom stereocenters. The number of aromatic nitrogens is 2. The van der Waals surface area contributed by atoms with E-state index in [0.29, 0.717) is 0 Å². The van der Waals surface area contributed by atoms with Crippen molar-refractivity contribution < 1.29 is 4.79 Å². The Kier molecular flexibility index (Phi) is 4.87. The molecule has 1 heterocycles. The lowest BCUT2D eigenvalue weighted by Crippen LogP contribution is -2.30. The van der Waals surface area contributed by atoms with Gasteiger partial charge in [-0.15, -0.1) is 0 Å². The van der Waals surface area contributed by atoms with Gasteiger partial charge in [0.1, 0.15) is 11.6 Å². The standard InChI is InChI=1S/C16H20N4O/c1-4-13-10-15(18-12(2)17-13)20(3)11-16(21)19-14-8-6-5-7-9-14/h5-10H,4,11H2,1-3H3,(H,19,21). The molecule has 0 bridgehead atoms. The van der Waals surface area contributed by atoms with Gasteiger partial charge >= 0.3 is 0 Å². The Morgan fingerprint density at radius 3 is 2.62 bits per heavy atom. The van der Waals surface area contributed by atoms with Gasteiger partial charge in [-0.25, -0.2) is 9.97 Å². The highest BCUT2D eigenvalue weighted by molar-refractivity contribution is 5.93. The number of carbonyl (C=O) groups excluding carboxylic acids is 1. The average Bonchev–Trinajstić information content (AvgIpc) is 2.47. The van der Waals surface area contributed by atoms with Gasteiger partial charge in [0.2, 0.25) is 5.91 Å². The van der Waals surface area contributed by atoms with Gasteiger partial charge in [0.15, 0.2) is 0 Å². The Morgan fingerprint density at radius 2 is 1.95 bits per heavy atom. The predicted molar refractivity (Wildman–Crippen MR) is 84.5 cm³/mol. The number of anilines is 2. The van der Waals surface area contributed by atoms with Crippen molar-refractivity contribution in [1.29, 1.82) is 0 Å². The molecule has 0 saturated carbocycles. The van der Waals surface area contributed by atoms with Gasteiger partial charge in [0, 0.05) is 24.5 Å². The molecule has 110 valence electrons. The van der Waals surface area contributed by atoms with Crippen LogP contribution in [0.3, 0.4) is 0 Å². The molecule has 0 spiro atoms. The monoisotopic (exact) mass is 284 g/mol. The molecular weight excluding hydrogens is 264 g/mol. The fraction of sp³-hybridized carbons (Fsp3) is 0.312. The van der Waals surface area contributed by atoms with Crippen LogP contribution >= 0.6 is 0 Å². The summed E-state index contributed by atoms with van der Waals surface area (Å²) < 4.78 is 0. The maximum Gasteiger partial charge on any atom is 0.243 e. The van der Waals surface area contributed by atoms with Gasteiger partial charge in [0.25, 0.3) is 0 Å². The lowest BCUT2D eigenvalue weighted by molar-refractivity contribution is -0.114. The normalized spacial score (nSPS) is 10.2. The van der Waals surface area contributed by atoms with Crippen LogP contribution in [0.25, 0.3) is 0 Å². The van der Waals surface area contributed by atoms with Crippen molar-refractivity contribution >= 4 is 17.4 Å².